The maximum absolute atomic E-state index is 11.4. The van der Waals surface area contributed by atoms with E-state index in [2.05, 4.69) is 5.32 Å². The van der Waals surface area contributed by atoms with E-state index in [1.54, 1.807) is 24.3 Å². The van der Waals surface area contributed by atoms with Crippen LogP contribution in [0.4, 0.5) is 5.69 Å². The summed E-state index contributed by atoms with van der Waals surface area (Å²) < 4.78 is 5.30. The molecule has 4 nitrogen and oxygen atoms in total. The highest BCUT2D eigenvalue weighted by atomic mass is 35.5. The van der Waals surface area contributed by atoms with Crippen LogP contribution in [0.2, 0.25) is 5.02 Å². The fourth-order valence-corrected chi connectivity index (χ4v) is 2.68. The molecule has 1 amide bonds. The van der Waals surface area contributed by atoms with Gasteiger partial charge in [0.25, 0.3) is 5.91 Å². The molecule has 1 atom stereocenters. The second kappa shape index (κ2) is 5.39. The van der Waals surface area contributed by atoms with Crippen LogP contribution < -0.4 is 10.1 Å². The summed E-state index contributed by atoms with van der Waals surface area (Å²) in [6, 6.07) is 10.7. The van der Waals surface area contributed by atoms with Gasteiger partial charge in [-0.3, -0.25) is 4.79 Å². The SMILES string of the molecule is Cc1cc(Cl)cc(C(O)c2ccc3c(c2)NC(=O)CO3)c1. The Hall–Kier alpha value is -2.04. The van der Waals surface area contributed by atoms with Crippen molar-refractivity contribution in [3.63, 3.8) is 0 Å². The third-order valence-corrected chi connectivity index (χ3v) is 3.55. The van der Waals surface area contributed by atoms with E-state index in [1.165, 1.54) is 0 Å². The van der Waals surface area contributed by atoms with E-state index in [4.69, 9.17) is 16.3 Å². The number of halogens is 1. The Labute approximate surface area is 127 Å². The molecule has 0 radical (unpaired) electrons. The Morgan fingerprint density at radius 3 is 2.81 bits per heavy atom. The lowest BCUT2D eigenvalue weighted by Crippen LogP contribution is -2.25. The van der Waals surface area contributed by atoms with Crippen LogP contribution >= 0.6 is 11.6 Å². The number of fused-ring (bicyclic) bond motifs is 1. The van der Waals surface area contributed by atoms with Gasteiger partial charge in [-0.2, -0.15) is 0 Å². The number of benzene rings is 2. The second-order valence-electron chi connectivity index (χ2n) is 5.06. The molecule has 1 aliphatic rings. The number of rotatable bonds is 2. The van der Waals surface area contributed by atoms with Crippen molar-refractivity contribution < 1.29 is 14.6 Å². The molecule has 2 aromatic carbocycles. The van der Waals surface area contributed by atoms with Gasteiger partial charge in [-0.15, -0.1) is 0 Å². The summed E-state index contributed by atoms with van der Waals surface area (Å²) in [5.74, 6) is 0.403. The van der Waals surface area contributed by atoms with Gasteiger partial charge in [0.15, 0.2) is 6.61 Å². The number of anilines is 1. The molecule has 0 spiro atoms. The van der Waals surface area contributed by atoms with Crippen LogP contribution in [0.3, 0.4) is 0 Å². The molecular weight excluding hydrogens is 290 g/mol. The van der Waals surface area contributed by atoms with E-state index in [1.807, 2.05) is 19.1 Å². The van der Waals surface area contributed by atoms with E-state index in [-0.39, 0.29) is 12.5 Å². The molecule has 1 heterocycles. The summed E-state index contributed by atoms with van der Waals surface area (Å²) in [7, 11) is 0. The van der Waals surface area contributed by atoms with Gasteiger partial charge >= 0.3 is 0 Å². The molecule has 0 saturated heterocycles. The summed E-state index contributed by atoms with van der Waals surface area (Å²) in [6.07, 6.45) is -0.813. The first-order chi connectivity index (χ1) is 10.0. The summed E-state index contributed by atoms with van der Waals surface area (Å²) in [4.78, 5) is 11.4. The molecule has 0 aliphatic carbocycles. The van der Waals surface area contributed by atoms with E-state index in [9.17, 15) is 9.90 Å². The fourth-order valence-electron chi connectivity index (χ4n) is 2.39. The summed E-state index contributed by atoms with van der Waals surface area (Å²) in [5.41, 5.74) is 2.93. The lowest BCUT2D eigenvalue weighted by molar-refractivity contribution is -0.118. The van der Waals surface area contributed by atoms with Crippen LogP contribution in [-0.4, -0.2) is 17.6 Å². The first-order valence-electron chi connectivity index (χ1n) is 6.55. The van der Waals surface area contributed by atoms with Crippen LogP contribution in [-0.2, 0) is 4.79 Å². The van der Waals surface area contributed by atoms with Gasteiger partial charge in [0.2, 0.25) is 0 Å². The number of hydrogen-bond donors (Lipinski definition) is 2. The van der Waals surface area contributed by atoms with Crippen LogP contribution in [0.15, 0.2) is 36.4 Å². The largest absolute Gasteiger partial charge is 0.482 e. The Kier molecular flexibility index (Phi) is 3.57. The highest BCUT2D eigenvalue weighted by Gasteiger charge is 2.19. The first kappa shape index (κ1) is 13.9. The number of ether oxygens (including phenoxy) is 1. The molecule has 0 bridgehead atoms. The average Bonchev–Trinajstić information content (AvgIpc) is 2.44. The monoisotopic (exact) mass is 303 g/mol. The van der Waals surface area contributed by atoms with Crippen molar-refractivity contribution in [1.82, 2.24) is 0 Å². The summed E-state index contributed by atoms with van der Waals surface area (Å²) in [6.45, 7) is 1.94. The quantitative estimate of drug-likeness (QED) is 0.896. The fraction of sp³-hybridized carbons (Fsp3) is 0.188. The van der Waals surface area contributed by atoms with E-state index in [0.29, 0.717) is 27.6 Å². The van der Waals surface area contributed by atoms with Crippen LogP contribution in [0.1, 0.15) is 22.8 Å². The molecule has 2 aromatic rings. The molecule has 21 heavy (non-hydrogen) atoms. The molecule has 3 rings (SSSR count). The minimum absolute atomic E-state index is 0.0163. The third-order valence-electron chi connectivity index (χ3n) is 3.33. The third kappa shape index (κ3) is 2.86. The van der Waals surface area contributed by atoms with Crippen LogP contribution in [0.25, 0.3) is 0 Å². The van der Waals surface area contributed by atoms with Crippen molar-refractivity contribution in [3.8, 4) is 5.75 Å². The van der Waals surface area contributed by atoms with Gasteiger partial charge in [-0.05, 0) is 47.9 Å². The summed E-state index contributed by atoms with van der Waals surface area (Å²) >= 11 is 6.03. The number of carbonyl (C=O) groups is 1. The Morgan fingerprint density at radius 1 is 1.24 bits per heavy atom. The number of carbonyl (C=O) groups excluding carboxylic acids is 1. The minimum Gasteiger partial charge on any atom is -0.482 e. The molecule has 2 N–H and O–H groups in total. The lowest BCUT2D eigenvalue weighted by Gasteiger charge is -2.20. The molecule has 0 saturated carbocycles. The van der Waals surface area contributed by atoms with Gasteiger partial charge in [-0.25, -0.2) is 0 Å². The van der Waals surface area contributed by atoms with Crippen molar-refractivity contribution in [2.45, 2.75) is 13.0 Å². The van der Waals surface area contributed by atoms with Crippen LogP contribution in [0, 0.1) is 6.92 Å². The number of amides is 1. The molecule has 1 aliphatic heterocycles. The van der Waals surface area contributed by atoms with Crippen molar-refractivity contribution in [2.75, 3.05) is 11.9 Å². The zero-order valence-electron chi connectivity index (χ0n) is 11.4. The topological polar surface area (TPSA) is 58.6 Å². The van der Waals surface area contributed by atoms with Crippen molar-refractivity contribution in [3.05, 3.63) is 58.1 Å². The highest BCUT2D eigenvalue weighted by molar-refractivity contribution is 6.30. The van der Waals surface area contributed by atoms with Crippen molar-refractivity contribution in [1.29, 1.82) is 0 Å². The minimum atomic E-state index is -0.813. The summed E-state index contributed by atoms with van der Waals surface area (Å²) in [5, 5.41) is 13.8. The molecule has 1 unspecified atom stereocenters. The Bertz CT molecular complexity index is 694. The second-order valence-corrected chi connectivity index (χ2v) is 5.49. The lowest BCUT2D eigenvalue weighted by atomic mass is 9.99. The zero-order valence-corrected chi connectivity index (χ0v) is 12.1. The van der Waals surface area contributed by atoms with Crippen molar-refractivity contribution >= 4 is 23.2 Å². The molecule has 108 valence electrons. The molecule has 5 heteroatoms. The predicted molar refractivity (Wildman–Crippen MR) is 80.8 cm³/mol. The standard InChI is InChI=1S/C16H14ClNO3/c1-9-4-11(6-12(17)5-9)16(20)10-2-3-14-13(7-10)18-15(19)8-21-14/h2-7,16,20H,8H2,1H3,(H,18,19). The highest BCUT2D eigenvalue weighted by Crippen LogP contribution is 2.33. The molecule has 0 fully saturated rings. The average molecular weight is 304 g/mol. The number of aliphatic hydroxyl groups is 1. The van der Waals surface area contributed by atoms with Gasteiger partial charge in [0, 0.05) is 5.02 Å². The number of nitrogens with one attached hydrogen (secondary N) is 1. The maximum atomic E-state index is 11.4. The smallest absolute Gasteiger partial charge is 0.262 e. The van der Waals surface area contributed by atoms with E-state index >= 15 is 0 Å². The van der Waals surface area contributed by atoms with Gasteiger partial charge in [-0.1, -0.05) is 23.7 Å². The Morgan fingerprint density at radius 2 is 2.05 bits per heavy atom. The number of hydrogen-bond acceptors (Lipinski definition) is 3. The number of aliphatic hydroxyl groups excluding tert-OH is 1. The first-order valence-corrected chi connectivity index (χ1v) is 6.92. The van der Waals surface area contributed by atoms with Gasteiger partial charge in [0.1, 0.15) is 11.9 Å². The molecular formula is C16H14ClNO3. The molecule has 0 aromatic heterocycles. The van der Waals surface area contributed by atoms with Crippen molar-refractivity contribution in [2.24, 2.45) is 0 Å². The van der Waals surface area contributed by atoms with Crippen LogP contribution in [0.5, 0.6) is 5.75 Å². The normalized spacial score (nSPS) is 14.9. The maximum Gasteiger partial charge on any atom is 0.262 e. The van der Waals surface area contributed by atoms with E-state index in [0.717, 1.165) is 5.56 Å². The number of aryl methyl sites for hydroxylation is 1. The zero-order chi connectivity index (χ0) is 15.0. The predicted octanol–water partition coefficient (Wildman–Crippen LogP) is 3.06. The van der Waals surface area contributed by atoms with Gasteiger partial charge in [0.05, 0.1) is 5.69 Å². The van der Waals surface area contributed by atoms with E-state index < -0.39 is 6.10 Å². The Balaban J connectivity index is 1.96. The van der Waals surface area contributed by atoms with Gasteiger partial charge < -0.3 is 15.2 Å².